The Morgan fingerprint density at radius 2 is 2.26 bits per heavy atom. The number of carboxylic acids is 1. The number of anilines is 1. The van der Waals surface area contributed by atoms with Crippen LogP contribution in [-0.4, -0.2) is 56.9 Å². The zero-order valence-corrected chi connectivity index (χ0v) is 12.1. The fraction of sp³-hybridized carbons (Fsp3) is 0.727. The Bertz CT molecular complexity index is 475. The minimum atomic E-state index is -0.860. The number of rotatable bonds is 4. The fourth-order valence-corrected chi connectivity index (χ4v) is 2.65. The van der Waals surface area contributed by atoms with Gasteiger partial charge in [0.25, 0.3) is 0 Å². The molecule has 1 N–H and O–H groups in total. The molecule has 0 aliphatic carbocycles. The Balaban J connectivity index is 2.18. The molecule has 0 aromatic carbocycles. The molecule has 106 valence electrons. The van der Waals surface area contributed by atoms with E-state index in [-0.39, 0.29) is 11.3 Å². The maximum atomic E-state index is 10.6. The summed E-state index contributed by atoms with van der Waals surface area (Å²) in [5, 5.41) is 17.6. The number of hydrogen-bond acceptors (Lipinski definition) is 6. The summed E-state index contributed by atoms with van der Waals surface area (Å²) >= 11 is 1.17. The molecular formula is C11H18N4O3S. The number of morpholine rings is 1. The van der Waals surface area contributed by atoms with Crippen LogP contribution in [0.4, 0.5) is 5.95 Å². The van der Waals surface area contributed by atoms with Gasteiger partial charge in [0, 0.05) is 13.6 Å². The van der Waals surface area contributed by atoms with Gasteiger partial charge in [0.2, 0.25) is 5.95 Å². The summed E-state index contributed by atoms with van der Waals surface area (Å²) in [6.45, 7) is 6.23. The average Bonchev–Trinajstić information content (AvgIpc) is 2.68. The molecule has 0 radical (unpaired) electrons. The van der Waals surface area contributed by atoms with Crippen LogP contribution in [-0.2, 0) is 16.6 Å². The van der Waals surface area contributed by atoms with Crippen molar-refractivity contribution in [2.45, 2.75) is 24.5 Å². The zero-order chi connectivity index (χ0) is 14.0. The molecule has 2 heterocycles. The van der Waals surface area contributed by atoms with Crippen molar-refractivity contribution in [3.05, 3.63) is 0 Å². The third kappa shape index (κ3) is 3.01. The molecule has 0 bridgehead atoms. The Morgan fingerprint density at radius 3 is 2.89 bits per heavy atom. The van der Waals surface area contributed by atoms with E-state index >= 15 is 0 Å². The van der Waals surface area contributed by atoms with E-state index in [2.05, 4.69) is 28.9 Å². The molecule has 0 unspecified atom stereocenters. The summed E-state index contributed by atoms with van der Waals surface area (Å²) in [5.74, 6) is -0.124. The Kier molecular flexibility index (Phi) is 4.00. The average molecular weight is 286 g/mol. The van der Waals surface area contributed by atoms with Gasteiger partial charge in [0.1, 0.15) is 0 Å². The monoisotopic (exact) mass is 286 g/mol. The minimum absolute atomic E-state index is 0.0154. The number of aromatic nitrogens is 3. The van der Waals surface area contributed by atoms with E-state index in [9.17, 15) is 4.79 Å². The van der Waals surface area contributed by atoms with Gasteiger partial charge in [-0.25, -0.2) is 0 Å². The van der Waals surface area contributed by atoms with E-state index in [1.54, 1.807) is 0 Å². The van der Waals surface area contributed by atoms with Gasteiger partial charge in [-0.15, -0.1) is 10.2 Å². The predicted octanol–water partition coefficient (Wildman–Crippen LogP) is 0.607. The van der Waals surface area contributed by atoms with Crippen LogP contribution in [0.25, 0.3) is 0 Å². The lowest BCUT2D eigenvalue weighted by atomic mass is 10.0. The van der Waals surface area contributed by atoms with Crippen molar-refractivity contribution >= 4 is 23.7 Å². The zero-order valence-electron chi connectivity index (χ0n) is 11.3. The van der Waals surface area contributed by atoms with Crippen molar-refractivity contribution in [2.75, 3.05) is 30.4 Å². The number of hydrogen-bond donors (Lipinski definition) is 1. The van der Waals surface area contributed by atoms with E-state index in [0.29, 0.717) is 18.4 Å². The highest BCUT2D eigenvalue weighted by atomic mass is 32.2. The molecule has 1 aromatic heterocycles. The lowest BCUT2D eigenvalue weighted by Gasteiger charge is -2.42. The molecule has 7 nitrogen and oxygen atoms in total. The SMILES string of the molecule is Cn1c(SCC(=O)O)nnc1N1CCOCC1(C)C. The van der Waals surface area contributed by atoms with Crippen LogP contribution in [0, 0.1) is 0 Å². The van der Waals surface area contributed by atoms with Gasteiger partial charge in [-0.2, -0.15) is 0 Å². The minimum Gasteiger partial charge on any atom is -0.481 e. The summed E-state index contributed by atoms with van der Waals surface area (Å²) in [4.78, 5) is 12.7. The number of ether oxygens (including phenoxy) is 1. The van der Waals surface area contributed by atoms with Crippen LogP contribution < -0.4 is 4.90 Å². The molecule has 19 heavy (non-hydrogen) atoms. The first-order valence-electron chi connectivity index (χ1n) is 6.01. The van der Waals surface area contributed by atoms with Crippen molar-refractivity contribution in [1.29, 1.82) is 0 Å². The van der Waals surface area contributed by atoms with Gasteiger partial charge in [-0.1, -0.05) is 11.8 Å². The van der Waals surface area contributed by atoms with Gasteiger partial charge in [-0.3, -0.25) is 9.36 Å². The van der Waals surface area contributed by atoms with Gasteiger partial charge in [0.15, 0.2) is 5.16 Å². The first kappa shape index (κ1) is 14.1. The van der Waals surface area contributed by atoms with E-state index in [1.165, 1.54) is 11.8 Å². The Labute approximate surface area is 115 Å². The first-order valence-corrected chi connectivity index (χ1v) is 7.00. The molecule has 0 atom stereocenters. The highest BCUT2D eigenvalue weighted by molar-refractivity contribution is 7.99. The van der Waals surface area contributed by atoms with Gasteiger partial charge in [0.05, 0.1) is 24.5 Å². The predicted molar refractivity (Wildman–Crippen MR) is 71.6 cm³/mol. The smallest absolute Gasteiger partial charge is 0.313 e. The first-order chi connectivity index (χ1) is 8.92. The molecule has 1 aliphatic rings. The van der Waals surface area contributed by atoms with Crippen LogP contribution in [0.2, 0.25) is 0 Å². The molecule has 1 saturated heterocycles. The van der Waals surface area contributed by atoms with Crippen LogP contribution in [0.3, 0.4) is 0 Å². The number of nitrogens with zero attached hydrogens (tertiary/aromatic N) is 4. The van der Waals surface area contributed by atoms with Crippen LogP contribution in [0.1, 0.15) is 13.8 Å². The van der Waals surface area contributed by atoms with Crippen LogP contribution >= 0.6 is 11.8 Å². The summed E-state index contributed by atoms with van der Waals surface area (Å²) in [5.41, 5.74) is -0.145. The van der Waals surface area contributed by atoms with E-state index in [4.69, 9.17) is 9.84 Å². The second-order valence-corrected chi connectivity index (χ2v) is 5.98. The standard InChI is InChI=1S/C11H18N4O3S/c1-11(2)7-18-5-4-15(11)9-12-13-10(14(9)3)19-6-8(16)17/h4-7H2,1-3H3,(H,16,17). The third-order valence-electron chi connectivity index (χ3n) is 3.02. The lowest BCUT2D eigenvalue weighted by molar-refractivity contribution is -0.133. The topological polar surface area (TPSA) is 80.5 Å². The summed E-state index contributed by atoms with van der Waals surface area (Å²) in [6, 6.07) is 0. The summed E-state index contributed by atoms with van der Waals surface area (Å²) in [6.07, 6.45) is 0. The molecule has 1 aliphatic heterocycles. The van der Waals surface area contributed by atoms with Crippen molar-refractivity contribution < 1.29 is 14.6 Å². The maximum absolute atomic E-state index is 10.6. The normalized spacial score (nSPS) is 18.6. The number of carbonyl (C=O) groups is 1. The lowest BCUT2D eigenvalue weighted by Crippen LogP contribution is -2.54. The van der Waals surface area contributed by atoms with E-state index in [0.717, 1.165) is 12.5 Å². The Morgan fingerprint density at radius 1 is 1.53 bits per heavy atom. The number of aliphatic carboxylic acids is 1. The molecule has 8 heteroatoms. The van der Waals surface area contributed by atoms with Crippen LogP contribution in [0.15, 0.2) is 5.16 Å². The van der Waals surface area contributed by atoms with E-state index < -0.39 is 5.97 Å². The third-order valence-corrected chi connectivity index (χ3v) is 4.03. The molecule has 0 saturated carbocycles. The highest BCUT2D eigenvalue weighted by Crippen LogP contribution is 2.27. The molecule has 1 fully saturated rings. The Hall–Kier alpha value is -1.28. The second kappa shape index (κ2) is 5.38. The van der Waals surface area contributed by atoms with Gasteiger partial charge in [-0.05, 0) is 13.8 Å². The van der Waals surface area contributed by atoms with Crippen molar-refractivity contribution in [2.24, 2.45) is 7.05 Å². The number of thioether (sulfide) groups is 1. The van der Waals surface area contributed by atoms with Crippen molar-refractivity contribution in [1.82, 2.24) is 14.8 Å². The van der Waals surface area contributed by atoms with Gasteiger partial charge < -0.3 is 14.7 Å². The molecule has 0 spiro atoms. The quantitative estimate of drug-likeness (QED) is 0.812. The molecule has 2 rings (SSSR count). The van der Waals surface area contributed by atoms with Crippen molar-refractivity contribution in [3.63, 3.8) is 0 Å². The van der Waals surface area contributed by atoms with Gasteiger partial charge >= 0.3 is 5.97 Å². The van der Waals surface area contributed by atoms with E-state index in [1.807, 2.05) is 11.6 Å². The number of carboxylic acid groups (broad SMARTS) is 1. The van der Waals surface area contributed by atoms with Crippen LogP contribution in [0.5, 0.6) is 0 Å². The summed E-state index contributed by atoms with van der Waals surface area (Å²) in [7, 11) is 1.85. The highest BCUT2D eigenvalue weighted by Gasteiger charge is 2.33. The molecular weight excluding hydrogens is 268 g/mol. The molecule has 0 amide bonds. The van der Waals surface area contributed by atoms with Crippen molar-refractivity contribution in [3.8, 4) is 0 Å². The fourth-order valence-electron chi connectivity index (χ4n) is 2.02. The largest absolute Gasteiger partial charge is 0.481 e. The second-order valence-electron chi connectivity index (χ2n) is 5.04. The summed E-state index contributed by atoms with van der Waals surface area (Å²) < 4.78 is 7.31. The molecule has 1 aromatic rings. The maximum Gasteiger partial charge on any atom is 0.313 e.